The minimum absolute atomic E-state index is 0.0478. The van der Waals surface area contributed by atoms with Crippen LogP contribution in [0.1, 0.15) is 11.3 Å². The smallest absolute Gasteiger partial charge is 0.326 e. The first-order valence-corrected chi connectivity index (χ1v) is 4.16. The first-order chi connectivity index (χ1) is 5.95. The molecule has 1 rings (SSSR count). The van der Waals surface area contributed by atoms with E-state index in [0.29, 0.717) is 10.0 Å². The van der Waals surface area contributed by atoms with Gasteiger partial charge in [-0.2, -0.15) is 13.2 Å². The highest BCUT2D eigenvalue weighted by molar-refractivity contribution is 9.10. The zero-order chi connectivity index (χ0) is 10.1. The Balaban J connectivity index is 3.14. The molecule has 0 saturated carbocycles. The van der Waals surface area contributed by atoms with Gasteiger partial charge in [0.15, 0.2) is 0 Å². The molecule has 1 aromatic rings. The van der Waals surface area contributed by atoms with Gasteiger partial charge in [0.1, 0.15) is 5.69 Å². The minimum Gasteiger partial charge on any atom is -0.326 e. The number of hydrogen-bond donors (Lipinski definition) is 1. The van der Waals surface area contributed by atoms with E-state index in [4.69, 9.17) is 5.73 Å². The molecule has 0 aliphatic carbocycles. The first kappa shape index (κ1) is 10.5. The van der Waals surface area contributed by atoms with Gasteiger partial charge in [0.25, 0.3) is 0 Å². The zero-order valence-corrected chi connectivity index (χ0v) is 7.98. The minimum atomic E-state index is -4.41. The normalized spacial score (nSPS) is 11.8. The van der Waals surface area contributed by atoms with Crippen molar-refractivity contribution in [1.82, 2.24) is 4.98 Å². The summed E-state index contributed by atoms with van der Waals surface area (Å²) in [7, 11) is 0. The number of pyridine rings is 1. The van der Waals surface area contributed by atoms with Crippen molar-refractivity contribution >= 4 is 15.9 Å². The highest BCUT2D eigenvalue weighted by Gasteiger charge is 2.32. The Morgan fingerprint density at radius 3 is 2.54 bits per heavy atom. The predicted octanol–water partition coefficient (Wildman–Crippen LogP) is 2.32. The number of rotatable bonds is 1. The molecule has 2 nitrogen and oxygen atoms in total. The van der Waals surface area contributed by atoms with Gasteiger partial charge in [0.05, 0.1) is 0 Å². The molecule has 0 aliphatic heterocycles. The lowest BCUT2D eigenvalue weighted by Gasteiger charge is -2.07. The third-order valence-electron chi connectivity index (χ3n) is 1.45. The molecule has 0 spiro atoms. The molecule has 2 N–H and O–H groups in total. The number of nitrogens with two attached hydrogens (primary N) is 1. The van der Waals surface area contributed by atoms with Crippen LogP contribution in [0.4, 0.5) is 13.2 Å². The van der Waals surface area contributed by atoms with Gasteiger partial charge in [-0.3, -0.25) is 4.98 Å². The van der Waals surface area contributed by atoms with Crippen LogP contribution < -0.4 is 5.73 Å². The maximum atomic E-state index is 12.1. The van der Waals surface area contributed by atoms with Crippen molar-refractivity contribution in [2.75, 3.05) is 0 Å². The highest BCUT2D eigenvalue weighted by Crippen LogP contribution is 2.29. The molecule has 1 heterocycles. The summed E-state index contributed by atoms with van der Waals surface area (Å²) in [6.07, 6.45) is -3.31. The van der Waals surface area contributed by atoms with Crippen LogP contribution in [0, 0.1) is 0 Å². The van der Waals surface area contributed by atoms with Crippen LogP contribution in [0.15, 0.2) is 16.7 Å². The van der Waals surface area contributed by atoms with Crippen molar-refractivity contribution in [3.63, 3.8) is 0 Å². The second kappa shape index (κ2) is 3.63. The molecule has 6 heteroatoms. The predicted molar refractivity (Wildman–Crippen MR) is 44.8 cm³/mol. The molecular weight excluding hydrogens is 249 g/mol. The van der Waals surface area contributed by atoms with Gasteiger partial charge >= 0.3 is 6.18 Å². The monoisotopic (exact) mass is 254 g/mol. The van der Waals surface area contributed by atoms with Crippen LogP contribution in [0.2, 0.25) is 0 Å². The van der Waals surface area contributed by atoms with Crippen LogP contribution in [0.5, 0.6) is 0 Å². The van der Waals surface area contributed by atoms with Crippen LogP contribution in [-0.4, -0.2) is 4.98 Å². The van der Waals surface area contributed by atoms with Crippen LogP contribution in [-0.2, 0) is 12.7 Å². The van der Waals surface area contributed by atoms with Gasteiger partial charge in [0.2, 0.25) is 0 Å². The maximum absolute atomic E-state index is 12.1. The molecule has 0 radical (unpaired) electrons. The SMILES string of the molecule is NCc1cc(C(F)(F)F)ncc1Br. The lowest BCUT2D eigenvalue weighted by atomic mass is 10.2. The topological polar surface area (TPSA) is 38.9 Å². The van der Waals surface area contributed by atoms with Crippen molar-refractivity contribution in [1.29, 1.82) is 0 Å². The van der Waals surface area contributed by atoms with E-state index in [1.54, 1.807) is 0 Å². The van der Waals surface area contributed by atoms with E-state index in [1.165, 1.54) is 0 Å². The maximum Gasteiger partial charge on any atom is 0.433 e. The molecule has 0 bridgehead atoms. The van der Waals surface area contributed by atoms with Gasteiger partial charge in [-0.25, -0.2) is 0 Å². The zero-order valence-electron chi connectivity index (χ0n) is 6.40. The highest BCUT2D eigenvalue weighted by atomic mass is 79.9. The third-order valence-corrected chi connectivity index (χ3v) is 2.16. The van der Waals surface area contributed by atoms with Gasteiger partial charge in [-0.15, -0.1) is 0 Å². The van der Waals surface area contributed by atoms with Crippen LogP contribution in [0.25, 0.3) is 0 Å². The Kier molecular flexibility index (Phi) is 2.92. The van der Waals surface area contributed by atoms with Crippen molar-refractivity contribution in [2.24, 2.45) is 5.73 Å². The Bertz CT molecular complexity index is 311. The quantitative estimate of drug-likeness (QED) is 0.836. The molecule has 0 aliphatic rings. The first-order valence-electron chi connectivity index (χ1n) is 3.37. The van der Waals surface area contributed by atoms with Crippen molar-refractivity contribution < 1.29 is 13.2 Å². The van der Waals surface area contributed by atoms with E-state index in [-0.39, 0.29) is 6.54 Å². The lowest BCUT2D eigenvalue weighted by Crippen LogP contribution is -2.10. The Hall–Kier alpha value is -0.620. The summed E-state index contributed by atoms with van der Waals surface area (Å²) in [5, 5.41) is 0. The molecule has 0 fully saturated rings. The summed E-state index contributed by atoms with van der Waals surface area (Å²) < 4.78 is 36.8. The Morgan fingerprint density at radius 1 is 1.46 bits per heavy atom. The average Bonchev–Trinajstić information content (AvgIpc) is 2.03. The number of nitrogens with zero attached hydrogens (tertiary/aromatic N) is 1. The van der Waals surface area contributed by atoms with Crippen molar-refractivity contribution in [3.8, 4) is 0 Å². The van der Waals surface area contributed by atoms with E-state index < -0.39 is 11.9 Å². The number of halogens is 4. The summed E-state index contributed by atoms with van der Waals surface area (Å²) >= 11 is 3.05. The molecule has 0 unspecified atom stereocenters. The van der Waals surface area contributed by atoms with E-state index in [0.717, 1.165) is 12.3 Å². The molecule has 1 aromatic heterocycles. The van der Waals surface area contributed by atoms with E-state index >= 15 is 0 Å². The fraction of sp³-hybridized carbons (Fsp3) is 0.286. The summed E-state index contributed by atoms with van der Waals surface area (Å²) in [6.45, 7) is 0.0478. The lowest BCUT2D eigenvalue weighted by molar-refractivity contribution is -0.141. The molecule has 72 valence electrons. The summed E-state index contributed by atoms with van der Waals surface area (Å²) in [6, 6.07) is 0.935. The molecule has 0 atom stereocenters. The summed E-state index contributed by atoms with van der Waals surface area (Å²) in [4.78, 5) is 3.23. The summed E-state index contributed by atoms with van der Waals surface area (Å²) in [5.74, 6) is 0. The Morgan fingerprint density at radius 2 is 2.08 bits per heavy atom. The van der Waals surface area contributed by atoms with E-state index in [9.17, 15) is 13.2 Å². The number of alkyl halides is 3. The second-order valence-corrected chi connectivity index (χ2v) is 3.22. The number of hydrogen-bond acceptors (Lipinski definition) is 2. The Labute approximate surface area is 81.1 Å². The molecule has 0 aromatic carbocycles. The third kappa shape index (κ3) is 2.41. The molecule has 13 heavy (non-hydrogen) atoms. The van der Waals surface area contributed by atoms with Crippen LogP contribution in [0.3, 0.4) is 0 Å². The average molecular weight is 255 g/mol. The fourth-order valence-corrected chi connectivity index (χ4v) is 1.17. The van der Waals surface area contributed by atoms with Gasteiger partial charge in [0, 0.05) is 17.2 Å². The summed E-state index contributed by atoms with van der Waals surface area (Å²) in [5.41, 5.74) is 4.71. The van der Waals surface area contributed by atoms with E-state index in [1.807, 2.05) is 0 Å². The van der Waals surface area contributed by atoms with Crippen molar-refractivity contribution in [2.45, 2.75) is 12.7 Å². The van der Waals surface area contributed by atoms with Gasteiger partial charge in [-0.1, -0.05) is 0 Å². The molecule has 0 amide bonds. The molecular formula is C7H6BrF3N2. The van der Waals surface area contributed by atoms with Gasteiger partial charge in [-0.05, 0) is 27.6 Å². The van der Waals surface area contributed by atoms with Crippen molar-refractivity contribution in [3.05, 3.63) is 28.0 Å². The second-order valence-electron chi connectivity index (χ2n) is 2.36. The number of aromatic nitrogens is 1. The van der Waals surface area contributed by atoms with Crippen LogP contribution >= 0.6 is 15.9 Å². The molecule has 0 saturated heterocycles. The standard InChI is InChI=1S/C7H6BrF3N2/c8-5-3-13-6(7(9,10)11)1-4(5)2-12/h1,3H,2,12H2. The van der Waals surface area contributed by atoms with E-state index in [2.05, 4.69) is 20.9 Å². The van der Waals surface area contributed by atoms with Gasteiger partial charge < -0.3 is 5.73 Å². The fourth-order valence-electron chi connectivity index (χ4n) is 0.792. The largest absolute Gasteiger partial charge is 0.433 e.